The van der Waals surface area contributed by atoms with Crippen LogP contribution < -0.4 is 10.2 Å². The summed E-state index contributed by atoms with van der Waals surface area (Å²) in [7, 11) is 0. The van der Waals surface area contributed by atoms with Gasteiger partial charge in [-0.3, -0.25) is 9.59 Å². The Kier molecular flexibility index (Phi) is 5.63. The SMILES string of the molecule is Cc1cc(C)c(N2CCC(NC(=O)N3CC(C)CC(C(=O)O)C3)C2=O)c(C)c1. The van der Waals surface area contributed by atoms with Gasteiger partial charge >= 0.3 is 12.0 Å². The lowest BCUT2D eigenvalue weighted by Gasteiger charge is -2.35. The summed E-state index contributed by atoms with van der Waals surface area (Å²) < 4.78 is 0. The highest BCUT2D eigenvalue weighted by Crippen LogP contribution is 2.30. The number of urea groups is 1. The third-order valence-corrected chi connectivity index (χ3v) is 5.70. The van der Waals surface area contributed by atoms with Gasteiger partial charge < -0.3 is 20.2 Å². The molecule has 2 fully saturated rings. The van der Waals surface area contributed by atoms with Crippen LogP contribution >= 0.6 is 0 Å². The normalized spacial score (nSPS) is 25.1. The van der Waals surface area contributed by atoms with Crippen molar-refractivity contribution in [2.75, 3.05) is 24.5 Å². The number of rotatable bonds is 3. The van der Waals surface area contributed by atoms with Gasteiger partial charge in [-0.15, -0.1) is 0 Å². The van der Waals surface area contributed by atoms with Crippen LogP contribution in [0.2, 0.25) is 0 Å². The first-order chi connectivity index (χ1) is 13.2. The maximum absolute atomic E-state index is 12.9. The molecule has 2 N–H and O–H groups in total. The van der Waals surface area contributed by atoms with Crippen LogP contribution in [-0.4, -0.2) is 53.6 Å². The minimum absolute atomic E-state index is 0.108. The van der Waals surface area contributed by atoms with E-state index in [1.807, 2.05) is 27.7 Å². The molecule has 3 rings (SSSR count). The minimum Gasteiger partial charge on any atom is -0.481 e. The number of nitrogens with one attached hydrogen (secondary N) is 1. The molecule has 2 aliphatic rings. The van der Waals surface area contributed by atoms with Gasteiger partial charge in [0, 0.05) is 25.3 Å². The first-order valence-corrected chi connectivity index (χ1v) is 9.84. The second-order valence-electron chi connectivity index (χ2n) is 8.31. The van der Waals surface area contributed by atoms with Gasteiger partial charge in [0.2, 0.25) is 5.91 Å². The van der Waals surface area contributed by atoms with E-state index < -0.39 is 17.9 Å². The fourth-order valence-electron chi connectivity index (χ4n) is 4.57. The summed E-state index contributed by atoms with van der Waals surface area (Å²) in [5, 5.41) is 12.1. The molecule has 152 valence electrons. The Morgan fingerprint density at radius 3 is 2.39 bits per heavy atom. The zero-order valence-corrected chi connectivity index (χ0v) is 17.0. The fourth-order valence-corrected chi connectivity index (χ4v) is 4.57. The standard InChI is InChI=1S/C21H29N3O4/c1-12-7-14(3)18(15(4)8-12)24-6-5-17(19(24)25)22-21(28)23-10-13(2)9-16(11-23)20(26)27/h7-8,13,16-17H,5-6,9-11H2,1-4H3,(H,22,28)(H,26,27). The molecule has 0 radical (unpaired) electrons. The minimum atomic E-state index is -0.877. The number of carbonyl (C=O) groups is 3. The molecule has 0 saturated carbocycles. The zero-order chi connectivity index (χ0) is 20.6. The van der Waals surface area contributed by atoms with Crippen LogP contribution in [0.1, 0.15) is 36.5 Å². The van der Waals surface area contributed by atoms with Crippen molar-refractivity contribution >= 4 is 23.6 Å². The van der Waals surface area contributed by atoms with E-state index in [1.165, 1.54) is 4.90 Å². The average molecular weight is 387 g/mol. The highest BCUT2D eigenvalue weighted by molar-refractivity contribution is 6.02. The second-order valence-corrected chi connectivity index (χ2v) is 8.31. The van der Waals surface area contributed by atoms with Crippen molar-refractivity contribution in [1.29, 1.82) is 0 Å². The van der Waals surface area contributed by atoms with E-state index in [0.29, 0.717) is 25.9 Å². The number of carbonyl (C=O) groups excluding carboxylic acids is 2. The smallest absolute Gasteiger partial charge is 0.318 e. The van der Waals surface area contributed by atoms with Crippen LogP contribution in [0, 0.1) is 32.6 Å². The molecule has 0 aromatic heterocycles. The lowest BCUT2D eigenvalue weighted by Crippen LogP contribution is -2.53. The molecule has 0 bridgehead atoms. The number of carboxylic acids is 1. The first-order valence-electron chi connectivity index (χ1n) is 9.84. The molecule has 2 aliphatic heterocycles. The number of benzene rings is 1. The Balaban J connectivity index is 1.69. The predicted molar refractivity (Wildman–Crippen MR) is 106 cm³/mol. The third-order valence-electron chi connectivity index (χ3n) is 5.70. The van der Waals surface area contributed by atoms with Gasteiger partial charge in [0.25, 0.3) is 0 Å². The summed E-state index contributed by atoms with van der Waals surface area (Å²) in [4.78, 5) is 40.3. The first kappa shape index (κ1) is 20.2. The molecule has 3 unspecified atom stereocenters. The van der Waals surface area contributed by atoms with Gasteiger partial charge in [0.05, 0.1) is 5.92 Å². The fraction of sp³-hybridized carbons (Fsp3) is 0.571. The van der Waals surface area contributed by atoms with Crippen LogP contribution in [0.5, 0.6) is 0 Å². The maximum atomic E-state index is 12.9. The Morgan fingerprint density at radius 1 is 1.14 bits per heavy atom. The molecule has 7 heteroatoms. The van der Waals surface area contributed by atoms with Crippen molar-refractivity contribution in [2.24, 2.45) is 11.8 Å². The van der Waals surface area contributed by atoms with E-state index in [9.17, 15) is 19.5 Å². The molecular weight excluding hydrogens is 358 g/mol. The molecule has 3 amide bonds. The van der Waals surface area contributed by atoms with Crippen molar-refractivity contribution in [2.45, 2.75) is 46.6 Å². The number of hydrogen-bond donors (Lipinski definition) is 2. The van der Waals surface area contributed by atoms with Crippen molar-refractivity contribution in [3.63, 3.8) is 0 Å². The highest BCUT2D eigenvalue weighted by atomic mass is 16.4. The van der Waals surface area contributed by atoms with Crippen molar-refractivity contribution in [3.05, 3.63) is 28.8 Å². The number of piperidine rings is 1. The molecular formula is C21H29N3O4. The third kappa shape index (κ3) is 3.98. The van der Waals surface area contributed by atoms with E-state index in [1.54, 1.807) is 4.90 Å². The Labute approximate surface area is 165 Å². The molecule has 28 heavy (non-hydrogen) atoms. The average Bonchev–Trinajstić information content (AvgIpc) is 2.94. The van der Waals surface area contributed by atoms with E-state index in [0.717, 1.165) is 22.4 Å². The van der Waals surface area contributed by atoms with Crippen molar-refractivity contribution < 1.29 is 19.5 Å². The summed E-state index contributed by atoms with van der Waals surface area (Å²) in [5.41, 5.74) is 4.17. The lowest BCUT2D eigenvalue weighted by atomic mass is 9.91. The molecule has 2 saturated heterocycles. The van der Waals surface area contributed by atoms with Gasteiger partial charge in [-0.2, -0.15) is 0 Å². The van der Waals surface area contributed by atoms with Gasteiger partial charge in [-0.1, -0.05) is 24.6 Å². The monoisotopic (exact) mass is 387 g/mol. The quantitative estimate of drug-likeness (QED) is 0.834. The lowest BCUT2D eigenvalue weighted by molar-refractivity contribution is -0.143. The van der Waals surface area contributed by atoms with Crippen molar-refractivity contribution in [1.82, 2.24) is 10.2 Å². The van der Waals surface area contributed by atoms with Crippen LogP contribution in [0.15, 0.2) is 12.1 Å². The van der Waals surface area contributed by atoms with Gasteiger partial charge in [-0.05, 0) is 50.7 Å². The number of likely N-dealkylation sites (tertiary alicyclic amines) is 1. The van der Waals surface area contributed by atoms with Gasteiger partial charge in [-0.25, -0.2) is 4.79 Å². The van der Waals surface area contributed by atoms with E-state index in [4.69, 9.17) is 0 Å². The largest absolute Gasteiger partial charge is 0.481 e. The number of hydrogen-bond acceptors (Lipinski definition) is 3. The van der Waals surface area contributed by atoms with E-state index in [2.05, 4.69) is 17.4 Å². The number of anilines is 1. The molecule has 7 nitrogen and oxygen atoms in total. The Bertz CT molecular complexity index is 784. The zero-order valence-electron chi connectivity index (χ0n) is 17.0. The molecule has 1 aromatic carbocycles. The maximum Gasteiger partial charge on any atom is 0.318 e. The van der Waals surface area contributed by atoms with Crippen LogP contribution in [0.3, 0.4) is 0 Å². The second kappa shape index (κ2) is 7.81. The van der Waals surface area contributed by atoms with Crippen LogP contribution in [-0.2, 0) is 9.59 Å². The summed E-state index contributed by atoms with van der Waals surface area (Å²) in [5.74, 6) is -1.42. The highest BCUT2D eigenvalue weighted by Gasteiger charge is 2.37. The summed E-state index contributed by atoms with van der Waals surface area (Å²) in [6.07, 6.45) is 1.12. The molecule has 0 aliphatic carbocycles. The molecule has 2 heterocycles. The van der Waals surface area contributed by atoms with Crippen LogP contribution in [0.4, 0.5) is 10.5 Å². The number of carboxylic acid groups (broad SMARTS) is 1. The summed E-state index contributed by atoms with van der Waals surface area (Å²) in [6.45, 7) is 9.22. The summed E-state index contributed by atoms with van der Waals surface area (Å²) in [6, 6.07) is 3.19. The number of amides is 3. The molecule has 1 aromatic rings. The van der Waals surface area contributed by atoms with E-state index in [-0.39, 0.29) is 24.4 Å². The van der Waals surface area contributed by atoms with Gasteiger partial charge in [0.15, 0.2) is 0 Å². The molecule has 0 spiro atoms. The predicted octanol–water partition coefficient (Wildman–Crippen LogP) is 2.47. The molecule has 3 atom stereocenters. The number of nitrogens with zero attached hydrogens (tertiary/aromatic N) is 2. The Morgan fingerprint density at radius 2 is 1.79 bits per heavy atom. The van der Waals surface area contributed by atoms with E-state index >= 15 is 0 Å². The topological polar surface area (TPSA) is 90.0 Å². The number of aliphatic carboxylic acids is 1. The number of aryl methyl sites for hydroxylation is 3. The van der Waals surface area contributed by atoms with Crippen LogP contribution in [0.25, 0.3) is 0 Å². The summed E-state index contributed by atoms with van der Waals surface area (Å²) >= 11 is 0. The Hall–Kier alpha value is -2.57. The van der Waals surface area contributed by atoms with Gasteiger partial charge in [0.1, 0.15) is 6.04 Å². The van der Waals surface area contributed by atoms with Crippen molar-refractivity contribution in [3.8, 4) is 0 Å².